The van der Waals surface area contributed by atoms with E-state index in [1.54, 1.807) is 0 Å². The van der Waals surface area contributed by atoms with Gasteiger partial charge in [0.15, 0.2) is 0 Å². The first-order chi connectivity index (χ1) is 5.70. The van der Waals surface area contributed by atoms with Crippen molar-refractivity contribution in [2.45, 2.75) is 19.2 Å². The summed E-state index contributed by atoms with van der Waals surface area (Å²) < 4.78 is 49.0. The summed E-state index contributed by atoms with van der Waals surface area (Å²) in [7, 11) is -1.90. The maximum atomic E-state index is 12.2. The molecule has 0 spiro atoms. The SMILES string of the molecule is FC(F)C(F)OP1OCCCO1. The van der Waals surface area contributed by atoms with Gasteiger partial charge in [-0.1, -0.05) is 0 Å². The largest absolute Gasteiger partial charge is 0.335 e. The van der Waals surface area contributed by atoms with E-state index in [2.05, 4.69) is 4.52 Å². The lowest BCUT2D eigenvalue weighted by Gasteiger charge is -2.21. The molecule has 0 aromatic carbocycles. The van der Waals surface area contributed by atoms with Crippen LogP contribution in [-0.2, 0) is 13.6 Å². The normalized spacial score (nSPS) is 23.0. The summed E-state index contributed by atoms with van der Waals surface area (Å²) >= 11 is 0. The van der Waals surface area contributed by atoms with Crippen molar-refractivity contribution < 1.29 is 26.7 Å². The highest BCUT2D eigenvalue weighted by atomic mass is 31.2. The van der Waals surface area contributed by atoms with Crippen molar-refractivity contribution in [3.8, 4) is 0 Å². The zero-order valence-electron chi connectivity index (χ0n) is 6.08. The maximum Gasteiger partial charge on any atom is 0.335 e. The molecule has 0 radical (unpaired) electrons. The summed E-state index contributed by atoms with van der Waals surface area (Å²) in [6.07, 6.45) is -5.09. The van der Waals surface area contributed by atoms with Crippen molar-refractivity contribution in [3.63, 3.8) is 0 Å². The van der Waals surface area contributed by atoms with Gasteiger partial charge in [-0.05, 0) is 6.42 Å². The summed E-state index contributed by atoms with van der Waals surface area (Å²) in [4.78, 5) is 0. The van der Waals surface area contributed by atoms with E-state index in [9.17, 15) is 13.2 Å². The Morgan fingerprint density at radius 3 is 2.25 bits per heavy atom. The van der Waals surface area contributed by atoms with Gasteiger partial charge in [0, 0.05) is 0 Å². The quantitative estimate of drug-likeness (QED) is 0.659. The molecule has 0 saturated carbocycles. The zero-order valence-corrected chi connectivity index (χ0v) is 6.98. The van der Waals surface area contributed by atoms with Crippen LogP contribution in [0.2, 0.25) is 0 Å². The molecule has 1 aliphatic heterocycles. The van der Waals surface area contributed by atoms with Crippen LogP contribution in [0.4, 0.5) is 13.2 Å². The van der Waals surface area contributed by atoms with Crippen LogP contribution >= 0.6 is 8.60 Å². The Kier molecular flexibility index (Phi) is 4.21. The third-order valence-electron chi connectivity index (χ3n) is 1.07. The standard InChI is InChI=1S/C5H8F3O3P/c6-4(7)5(8)11-12-9-2-1-3-10-12/h4-5H,1-3H2. The lowest BCUT2D eigenvalue weighted by Crippen LogP contribution is -2.17. The molecular formula is C5H8F3O3P. The van der Waals surface area contributed by atoms with E-state index in [1.165, 1.54) is 0 Å². The molecule has 0 aliphatic carbocycles. The fourth-order valence-electron chi connectivity index (χ4n) is 0.563. The molecule has 12 heavy (non-hydrogen) atoms. The minimum atomic E-state index is -3.15. The molecule has 3 nitrogen and oxygen atoms in total. The zero-order chi connectivity index (χ0) is 8.97. The Hall–Kier alpha value is 0.100. The minimum absolute atomic E-state index is 0.363. The van der Waals surface area contributed by atoms with E-state index >= 15 is 0 Å². The van der Waals surface area contributed by atoms with Gasteiger partial charge in [-0.25, -0.2) is 13.2 Å². The topological polar surface area (TPSA) is 27.7 Å². The van der Waals surface area contributed by atoms with Crippen molar-refractivity contribution in [1.29, 1.82) is 0 Å². The summed E-state index contributed by atoms with van der Waals surface area (Å²) in [5.41, 5.74) is 0. The van der Waals surface area contributed by atoms with Crippen molar-refractivity contribution in [2.24, 2.45) is 0 Å². The number of alkyl halides is 3. The van der Waals surface area contributed by atoms with E-state index < -0.39 is 21.4 Å². The predicted molar refractivity (Wildman–Crippen MR) is 35.4 cm³/mol. The van der Waals surface area contributed by atoms with E-state index in [0.717, 1.165) is 0 Å². The molecule has 1 unspecified atom stereocenters. The molecular weight excluding hydrogens is 196 g/mol. The number of halogens is 3. The second-order valence-electron chi connectivity index (χ2n) is 2.03. The molecule has 0 aromatic rings. The highest BCUT2D eigenvalue weighted by Gasteiger charge is 2.28. The van der Waals surface area contributed by atoms with Crippen molar-refractivity contribution in [3.05, 3.63) is 0 Å². The molecule has 1 fully saturated rings. The van der Waals surface area contributed by atoms with Gasteiger partial charge in [-0.2, -0.15) is 0 Å². The Morgan fingerprint density at radius 1 is 1.17 bits per heavy atom. The van der Waals surface area contributed by atoms with Crippen LogP contribution in [0.5, 0.6) is 0 Å². The maximum absolute atomic E-state index is 12.2. The smallest absolute Gasteiger partial charge is 0.312 e. The average molecular weight is 204 g/mol. The Bertz CT molecular complexity index is 131. The molecule has 1 rings (SSSR count). The summed E-state index contributed by atoms with van der Waals surface area (Å²) in [5, 5.41) is 0. The van der Waals surface area contributed by atoms with Crippen LogP contribution in [-0.4, -0.2) is 26.0 Å². The van der Waals surface area contributed by atoms with Crippen LogP contribution in [0.1, 0.15) is 6.42 Å². The fraction of sp³-hybridized carbons (Fsp3) is 1.00. The molecule has 1 aliphatic rings. The number of rotatable bonds is 3. The van der Waals surface area contributed by atoms with E-state index in [4.69, 9.17) is 9.05 Å². The van der Waals surface area contributed by atoms with Gasteiger partial charge in [-0.15, -0.1) is 0 Å². The highest BCUT2D eigenvalue weighted by Crippen LogP contribution is 2.44. The predicted octanol–water partition coefficient (Wildman–Crippen LogP) is 2.23. The number of hydrogen-bond acceptors (Lipinski definition) is 3. The monoisotopic (exact) mass is 204 g/mol. The van der Waals surface area contributed by atoms with Gasteiger partial charge in [0.2, 0.25) is 0 Å². The first-order valence-electron chi connectivity index (χ1n) is 3.35. The molecule has 7 heteroatoms. The van der Waals surface area contributed by atoms with E-state index in [0.29, 0.717) is 19.6 Å². The van der Waals surface area contributed by atoms with Gasteiger partial charge in [0.25, 0.3) is 12.8 Å². The van der Waals surface area contributed by atoms with Crippen LogP contribution in [0.3, 0.4) is 0 Å². The average Bonchev–Trinajstić information content (AvgIpc) is 2.06. The molecule has 1 saturated heterocycles. The van der Waals surface area contributed by atoms with E-state index in [1.807, 2.05) is 0 Å². The molecule has 0 N–H and O–H groups in total. The molecule has 0 amide bonds. The molecule has 72 valence electrons. The summed E-state index contributed by atoms with van der Waals surface area (Å²) in [6, 6.07) is 0. The van der Waals surface area contributed by atoms with Crippen molar-refractivity contribution in [2.75, 3.05) is 13.2 Å². The van der Waals surface area contributed by atoms with Crippen LogP contribution in [0.25, 0.3) is 0 Å². The van der Waals surface area contributed by atoms with Crippen LogP contribution in [0.15, 0.2) is 0 Å². The van der Waals surface area contributed by atoms with Gasteiger partial charge in [0.05, 0.1) is 13.2 Å². The molecule has 1 atom stereocenters. The minimum Gasteiger partial charge on any atom is -0.312 e. The molecule has 0 bridgehead atoms. The fourth-order valence-corrected chi connectivity index (χ4v) is 1.57. The first kappa shape index (κ1) is 10.2. The molecule has 1 heterocycles. The van der Waals surface area contributed by atoms with E-state index in [-0.39, 0.29) is 0 Å². The van der Waals surface area contributed by atoms with Crippen LogP contribution < -0.4 is 0 Å². The van der Waals surface area contributed by atoms with Gasteiger partial charge < -0.3 is 9.05 Å². The first-order valence-corrected chi connectivity index (χ1v) is 4.44. The van der Waals surface area contributed by atoms with Gasteiger partial charge in [0.1, 0.15) is 0 Å². The second kappa shape index (κ2) is 4.97. The number of hydrogen-bond donors (Lipinski definition) is 0. The third-order valence-corrected chi connectivity index (χ3v) is 2.23. The van der Waals surface area contributed by atoms with Gasteiger partial charge >= 0.3 is 8.60 Å². The van der Waals surface area contributed by atoms with Crippen LogP contribution in [0, 0.1) is 0 Å². The summed E-state index contributed by atoms with van der Waals surface area (Å²) in [6.45, 7) is 0.726. The Labute approximate surface area is 68.8 Å². The van der Waals surface area contributed by atoms with Crippen molar-refractivity contribution in [1.82, 2.24) is 0 Å². The van der Waals surface area contributed by atoms with Gasteiger partial charge in [-0.3, -0.25) is 4.52 Å². The second-order valence-corrected chi connectivity index (χ2v) is 3.21. The lowest BCUT2D eigenvalue weighted by atomic mass is 10.5. The van der Waals surface area contributed by atoms with Crippen molar-refractivity contribution >= 4 is 8.60 Å². The lowest BCUT2D eigenvalue weighted by molar-refractivity contribution is -0.0803. The Morgan fingerprint density at radius 2 is 1.75 bits per heavy atom. The third kappa shape index (κ3) is 3.23. The molecule has 0 aromatic heterocycles. The highest BCUT2D eigenvalue weighted by molar-refractivity contribution is 7.41. The Balaban J connectivity index is 2.20. The summed E-state index contributed by atoms with van der Waals surface area (Å²) in [5.74, 6) is 0.